The van der Waals surface area contributed by atoms with Crippen molar-refractivity contribution in [1.29, 1.82) is 0 Å². The van der Waals surface area contributed by atoms with E-state index < -0.39 is 10.0 Å². The summed E-state index contributed by atoms with van der Waals surface area (Å²) in [6.07, 6.45) is 0.850. The van der Waals surface area contributed by atoms with E-state index in [0.29, 0.717) is 15.8 Å². The van der Waals surface area contributed by atoms with E-state index in [0.717, 1.165) is 11.3 Å². The third kappa shape index (κ3) is 3.41. The summed E-state index contributed by atoms with van der Waals surface area (Å²) < 4.78 is 27.5. The van der Waals surface area contributed by atoms with Crippen LogP contribution in [0.5, 0.6) is 0 Å². The zero-order chi connectivity index (χ0) is 14.8. The van der Waals surface area contributed by atoms with Gasteiger partial charge in [-0.3, -0.25) is 4.72 Å². The Labute approximate surface area is 124 Å². The monoisotopic (exact) mass is 309 g/mol. The minimum atomic E-state index is -3.47. The maximum Gasteiger partial charge on any atom is 0.271 e. The standard InChI is InChI=1S/C15H19NO2S2/c1-4-14-9-10-15(19-14)20(17,18)16-13-7-5-12(6-8-13)11(2)3/h5-11,16H,4H2,1-3H3. The summed E-state index contributed by atoms with van der Waals surface area (Å²) in [5, 5.41) is 0. The van der Waals surface area contributed by atoms with E-state index in [-0.39, 0.29) is 0 Å². The van der Waals surface area contributed by atoms with Gasteiger partial charge >= 0.3 is 0 Å². The second-order valence-corrected chi connectivity index (χ2v) is 8.03. The first-order valence-corrected chi connectivity index (χ1v) is 8.94. The van der Waals surface area contributed by atoms with Crippen LogP contribution in [0.1, 0.15) is 37.1 Å². The van der Waals surface area contributed by atoms with Crippen molar-refractivity contribution in [3.8, 4) is 0 Å². The van der Waals surface area contributed by atoms with Crippen LogP contribution in [0.2, 0.25) is 0 Å². The molecule has 1 N–H and O–H groups in total. The van der Waals surface area contributed by atoms with Crippen LogP contribution in [0.15, 0.2) is 40.6 Å². The van der Waals surface area contributed by atoms with Crippen molar-refractivity contribution in [2.24, 2.45) is 0 Å². The molecule has 0 saturated heterocycles. The Bertz CT molecular complexity index is 670. The number of rotatable bonds is 5. The lowest BCUT2D eigenvalue weighted by atomic mass is 10.0. The Kier molecular flexibility index (Phi) is 4.50. The summed E-state index contributed by atoms with van der Waals surface area (Å²) >= 11 is 1.32. The van der Waals surface area contributed by atoms with Gasteiger partial charge in [0, 0.05) is 10.6 Å². The van der Waals surface area contributed by atoms with Gasteiger partial charge in [0.25, 0.3) is 10.0 Å². The largest absolute Gasteiger partial charge is 0.279 e. The zero-order valence-electron chi connectivity index (χ0n) is 11.9. The zero-order valence-corrected chi connectivity index (χ0v) is 13.5. The summed E-state index contributed by atoms with van der Waals surface area (Å²) in [6, 6.07) is 11.0. The molecule has 108 valence electrons. The highest BCUT2D eigenvalue weighted by Gasteiger charge is 2.16. The number of benzene rings is 1. The van der Waals surface area contributed by atoms with Crippen LogP contribution in [0.3, 0.4) is 0 Å². The molecule has 2 aromatic rings. The molecule has 0 radical (unpaired) electrons. The van der Waals surface area contributed by atoms with Crippen LogP contribution in [0, 0.1) is 0 Å². The molecular formula is C15H19NO2S2. The number of aryl methyl sites for hydroxylation is 1. The van der Waals surface area contributed by atoms with Crippen LogP contribution < -0.4 is 4.72 Å². The van der Waals surface area contributed by atoms with E-state index in [1.54, 1.807) is 18.2 Å². The van der Waals surface area contributed by atoms with Crippen molar-refractivity contribution in [3.63, 3.8) is 0 Å². The molecule has 5 heteroatoms. The van der Waals surface area contributed by atoms with Crippen molar-refractivity contribution < 1.29 is 8.42 Å². The fourth-order valence-electron chi connectivity index (χ4n) is 1.83. The molecule has 0 amide bonds. The van der Waals surface area contributed by atoms with Crippen LogP contribution in [0.25, 0.3) is 0 Å². The summed E-state index contributed by atoms with van der Waals surface area (Å²) in [7, 11) is -3.47. The fraction of sp³-hybridized carbons (Fsp3) is 0.333. The van der Waals surface area contributed by atoms with Gasteiger partial charge in [-0.2, -0.15) is 0 Å². The molecule has 0 fully saturated rings. The van der Waals surface area contributed by atoms with E-state index in [1.807, 2.05) is 25.1 Å². The average molecular weight is 309 g/mol. The third-order valence-electron chi connectivity index (χ3n) is 3.08. The number of hydrogen-bond donors (Lipinski definition) is 1. The normalized spacial score (nSPS) is 11.8. The average Bonchev–Trinajstić information content (AvgIpc) is 2.88. The minimum Gasteiger partial charge on any atom is -0.279 e. The van der Waals surface area contributed by atoms with Gasteiger partial charge in [0.05, 0.1) is 0 Å². The van der Waals surface area contributed by atoms with Gasteiger partial charge in [0.1, 0.15) is 4.21 Å². The molecule has 0 unspecified atom stereocenters. The third-order valence-corrected chi connectivity index (χ3v) is 6.18. The molecule has 0 atom stereocenters. The Morgan fingerprint density at radius 3 is 2.25 bits per heavy atom. The highest BCUT2D eigenvalue weighted by Crippen LogP contribution is 2.25. The molecule has 2 rings (SSSR count). The van der Waals surface area contributed by atoms with Crippen molar-refractivity contribution >= 4 is 27.0 Å². The first kappa shape index (κ1) is 15.1. The highest BCUT2D eigenvalue weighted by molar-refractivity contribution is 7.94. The molecule has 1 aromatic heterocycles. The van der Waals surface area contributed by atoms with Gasteiger partial charge in [0.2, 0.25) is 0 Å². The van der Waals surface area contributed by atoms with Gasteiger partial charge in [-0.05, 0) is 42.2 Å². The molecule has 0 aliphatic carbocycles. The Morgan fingerprint density at radius 1 is 1.10 bits per heavy atom. The first-order chi connectivity index (χ1) is 9.42. The number of hydrogen-bond acceptors (Lipinski definition) is 3. The molecule has 3 nitrogen and oxygen atoms in total. The van der Waals surface area contributed by atoms with E-state index in [9.17, 15) is 8.42 Å². The molecule has 1 aromatic carbocycles. The second kappa shape index (κ2) is 5.97. The lowest BCUT2D eigenvalue weighted by molar-refractivity contribution is 0.603. The fourth-order valence-corrected chi connectivity index (χ4v) is 4.19. The van der Waals surface area contributed by atoms with Crippen LogP contribution >= 0.6 is 11.3 Å². The van der Waals surface area contributed by atoms with Crippen molar-refractivity contribution in [1.82, 2.24) is 0 Å². The Balaban J connectivity index is 2.19. The van der Waals surface area contributed by atoms with Crippen molar-refractivity contribution in [3.05, 3.63) is 46.8 Å². The maximum absolute atomic E-state index is 12.2. The number of sulfonamides is 1. The molecule has 20 heavy (non-hydrogen) atoms. The quantitative estimate of drug-likeness (QED) is 0.898. The van der Waals surface area contributed by atoms with Crippen molar-refractivity contribution in [2.75, 3.05) is 4.72 Å². The lowest BCUT2D eigenvalue weighted by Gasteiger charge is -2.09. The molecule has 1 heterocycles. The minimum absolute atomic E-state index is 0.363. The summed E-state index contributed by atoms with van der Waals surface area (Å²) in [5.74, 6) is 0.435. The van der Waals surface area contributed by atoms with E-state index in [1.165, 1.54) is 16.9 Å². The van der Waals surface area contributed by atoms with E-state index in [4.69, 9.17) is 0 Å². The number of nitrogens with one attached hydrogen (secondary N) is 1. The Hall–Kier alpha value is -1.33. The molecule has 0 aliphatic rings. The summed E-state index contributed by atoms with van der Waals surface area (Å²) in [4.78, 5) is 1.07. The van der Waals surface area contributed by atoms with Crippen LogP contribution in [-0.2, 0) is 16.4 Å². The Morgan fingerprint density at radius 2 is 1.75 bits per heavy atom. The molecule has 0 spiro atoms. The molecular weight excluding hydrogens is 290 g/mol. The summed E-state index contributed by atoms with van der Waals surface area (Å²) in [6.45, 7) is 6.23. The van der Waals surface area contributed by atoms with Gasteiger partial charge in [0.15, 0.2) is 0 Å². The van der Waals surface area contributed by atoms with Crippen molar-refractivity contribution in [2.45, 2.75) is 37.3 Å². The lowest BCUT2D eigenvalue weighted by Crippen LogP contribution is -2.11. The van der Waals surface area contributed by atoms with E-state index >= 15 is 0 Å². The topological polar surface area (TPSA) is 46.2 Å². The highest BCUT2D eigenvalue weighted by atomic mass is 32.2. The van der Waals surface area contributed by atoms with Gasteiger partial charge in [-0.25, -0.2) is 8.42 Å². The number of thiophene rings is 1. The van der Waals surface area contributed by atoms with Crippen LogP contribution in [0.4, 0.5) is 5.69 Å². The predicted octanol–water partition coefficient (Wildman–Crippen LogP) is 4.23. The van der Waals surface area contributed by atoms with Gasteiger partial charge in [-0.1, -0.05) is 32.9 Å². The molecule has 0 saturated carbocycles. The molecule has 0 bridgehead atoms. The van der Waals surface area contributed by atoms with Crippen LogP contribution in [-0.4, -0.2) is 8.42 Å². The van der Waals surface area contributed by atoms with E-state index in [2.05, 4.69) is 18.6 Å². The van der Waals surface area contributed by atoms with Gasteiger partial charge < -0.3 is 0 Å². The van der Waals surface area contributed by atoms with Gasteiger partial charge in [-0.15, -0.1) is 11.3 Å². The second-order valence-electron chi connectivity index (χ2n) is 4.96. The smallest absolute Gasteiger partial charge is 0.271 e. The maximum atomic E-state index is 12.2. The first-order valence-electron chi connectivity index (χ1n) is 6.64. The molecule has 0 aliphatic heterocycles. The summed E-state index contributed by atoms with van der Waals surface area (Å²) in [5.41, 5.74) is 1.79. The predicted molar refractivity (Wildman–Crippen MR) is 85.0 cm³/mol. The SMILES string of the molecule is CCc1ccc(S(=O)(=O)Nc2ccc(C(C)C)cc2)s1. The number of anilines is 1.